The molecular formula is C15H12F3NO. The second-order valence-electron chi connectivity index (χ2n) is 4.61. The van der Waals surface area contributed by atoms with Crippen molar-refractivity contribution in [1.29, 1.82) is 0 Å². The third kappa shape index (κ3) is 2.49. The summed E-state index contributed by atoms with van der Waals surface area (Å²) in [6.45, 7) is 0.627. The van der Waals surface area contributed by atoms with Crippen LogP contribution in [-0.2, 0) is 12.7 Å². The number of hydrogen-bond acceptors (Lipinski definition) is 2. The van der Waals surface area contributed by atoms with Crippen LogP contribution in [0.15, 0.2) is 48.5 Å². The first-order valence-electron chi connectivity index (χ1n) is 6.19. The minimum Gasteiger partial charge on any atom is -0.471 e. The van der Waals surface area contributed by atoms with Gasteiger partial charge in [0.25, 0.3) is 0 Å². The molecule has 0 bridgehead atoms. The van der Waals surface area contributed by atoms with Crippen molar-refractivity contribution in [2.75, 3.05) is 0 Å². The Morgan fingerprint density at radius 1 is 1.00 bits per heavy atom. The molecule has 1 aliphatic rings. The Balaban J connectivity index is 1.81. The molecule has 104 valence electrons. The fourth-order valence-electron chi connectivity index (χ4n) is 2.17. The third-order valence-electron chi connectivity index (χ3n) is 3.24. The number of nitrogens with one attached hydrogen (secondary N) is 1. The molecule has 0 fully saturated rings. The molecule has 3 rings (SSSR count). The highest BCUT2D eigenvalue weighted by Crippen LogP contribution is 2.32. The van der Waals surface area contributed by atoms with E-state index in [-0.39, 0.29) is 0 Å². The Labute approximate surface area is 114 Å². The van der Waals surface area contributed by atoms with Crippen molar-refractivity contribution in [3.05, 3.63) is 65.2 Å². The third-order valence-corrected chi connectivity index (χ3v) is 3.24. The molecule has 0 aliphatic carbocycles. The van der Waals surface area contributed by atoms with E-state index in [9.17, 15) is 13.2 Å². The Hall–Kier alpha value is -2.01. The summed E-state index contributed by atoms with van der Waals surface area (Å²) in [6, 6.07) is 12.6. The molecule has 1 atom stereocenters. The normalized spacial score (nSPS) is 18.2. The van der Waals surface area contributed by atoms with Gasteiger partial charge in [-0.2, -0.15) is 13.2 Å². The van der Waals surface area contributed by atoms with Crippen LogP contribution in [0.4, 0.5) is 13.2 Å². The van der Waals surface area contributed by atoms with Gasteiger partial charge >= 0.3 is 6.18 Å². The average molecular weight is 279 g/mol. The van der Waals surface area contributed by atoms with Crippen LogP contribution in [0.5, 0.6) is 5.75 Å². The van der Waals surface area contributed by atoms with Crippen LogP contribution in [0, 0.1) is 0 Å². The monoisotopic (exact) mass is 279 g/mol. The van der Waals surface area contributed by atoms with E-state index in [0.29, 0.717) is 12.1 Å². The van der Waals surface area contributed by atoms with Crippen molar-refractivity contribution in [1.82, 2.24) is 5.32 Å². The zero-order chi connectivity index (χ0) is 14.2. The predicted octanol–water partition coefficient (Wildman–Crippen LogP) is 3.89. The molecule has 0 radical (unpaired) electrons. The molecule has 1 heterocycles. The summed E-state index contributed by atoms with van der Waals surface area (Å²) in [5.74, 6) is 0.760. The number of para-hydroxylation sites is 1. The van der Waals surface area contributed by atoms with Gasteiger partial charge in [0.2, 0.25) is 0 Å². The smallest absolute Gasteiger partial charge is 0.416 e. The van der Waals surface area contributed by atoms with Crippen molar-refractivity contribution in [3.8, 4) is 5.75 Å². The largest absolute Gasteiger partial charge is 0.471 e. The van der Waals surface area contributed by atoms with E-state index < -0.39 is 18.0 Å². The summed E-state index contributed by atoms with van der Waals surface area (Å²) in [7, 11) is 0. The van der Waals surface area contributed by atoms with Crippen LogP contribution < -0.4 is 10.1 Å². The lowest BCUT2D eigenvalue weighted by Crippen LogP contribution is -2.30. The molecule has 0 aromatic heterocycles. The van der Waals surface area contributed by atoms with E-state index in [1.165, 1.54) is 12.1 Å². The highest BCUT2D eigenvalue weighted by atomic mass is 19.4. The standard InChI is InChI=1S/C15H12F3NO/c16-15(17,18)12-7-5-10(6-8-12)14-19-9-11-3-1-2-4-13(11)20-14/h1-8,14,19H,9H2. The minimum absolute atomic E-state index is 0.424. The maximum absolute atomic E-state index is 12.5. The van der Waals surface area contributed by atoms with Crippen LogP contribution in [0.2, 0.25) is 0 Å². The second-order valence-corrected chi connectivity index (χ2v) is 4.61. The lowest BCUT2D eigenvalue weighted by molar-refractivity contribution is -0.137. The van der Waals surface area contributed by atoms with Gasteiger partial charge < -0.3 is 4.74 Å². The summed E-state index contributed by atoms with van der Waals surface area (Å²) < 4.78 is 43.3. The quantitative estimate of drug-likeness (QED) is 0.855. The van der Waals surface area contributed by atoms with E-state index >= 15 is 0 Å². The molecule has 5 heteroatoms. The van der Waals surface area contributed by atoms with Crippen LogP contribution >= 0.6 is 0 Å². The second kappa shape index (κ2) is 4.83. The summed E-state index contributed by atoms with van der Waals surface area (Å²) in [6.07, 6.45) is -4.74. The number of ether oxygens (including phenoxy) is 1. The van der Waals surface area contributed by atoms with Crippen molar-refractivity contribution < 1.29 is 17.9 Å². The molecule has 1 unspecified atom stereocenters. The molecule has 1 N–H and O–H groups in total. The Morgan fingerprint density at radius 3 is 2.40 bits per heavy atom. The lowest BCUT2D eigenvalue weighted by Gasteiger charge is -2.27. The molecule has 0 amide bonds. The van der Waals surface area contributed by atoms with Crippen molar-refractivity contribution in [3.63, 3.8) is 0 Å². The molecule has 1 aliphatic heterocycles. The first kappa shape index (κ1) is 13.0. The maximum Gasteiger partial charge on any atom is 0.416 e. The van der Waals surface area contributed by atoms with Crippen molar-refractivity contribution in [2.24, 2.45) is 0 Å². The molecule has 0 saturated heterocycles. The molecule has 2 aromatic rings. The molecular weight excluding hydrogens is 267 g/mol. The fraction of sp³-hybridized carbons (Fsp3) is 0.200. The molecule has 2 aromatic carbocycles. The van der Waals surface area contributed by atoms with Crippen LogP contribution in [0.25, 0.3) is 0 Å². The van der Waals surface area contributed by atoms with Crippen LogP contribution in [0.1, 0.15) is 22.9 Å². The van der Waals surface area contributed by atoms with E-state index in [2.05, 4.69) is 5.32 Å². The van der Waals surface area contributed by atoms with Gasteiger partial charge in [-0.15, -0.1) is 0 Å². The van der Waals surface area contributed by atoms with Gasteiger partial charge in [0.15, 0.2) is 6.23 Å². The Kier molecular flexibility index (Phi) is 3.14. The zero-order valence-electron chi connectivity index (χ0n) is 10.4. The van der Waals surface area contributed by atoms with Crippen molar-refractivity contribution in [2.45, 2.75) is 18.9 Å². The van der Waals surface area contributed by atoms with E-state index in [4.69, 9.17) is 4.74 Å². The SMILES string of the molecule is FC(F)(F)c1ccc(C2NCc3ccccc3O2)cc1. The Morgan fingerprint density at radius 2 is 1.70 bits per heavy atom. The van der Waals surface area contributed by atoms with Gasteiger partial charge in [-0.25, -0.2) is 0 Å². The number of halogens is 3. The van der Waals surface area contributed by atoms with Gasteiger partial charge in [0.05, 0.1) is 5.56 Å². The molecule has 2 nitrogen and oxygen atoms in total. The van der Waals surface area contributed by atoms with Gasteiger partial charge in [0, 0.05) is 17.7 Å². The molecule has 0 spiro atoms. The number of fused-ring (bicyclic) bond motifs is 1. The van der Waals surface area contributed by atoms with Gasteiger partial charge in [-0.05, 0) is 18.2 Å². The zero-order valence-corrected chi connectivity index (χ0v) is 10.4. The van der Waals surface area contributed by atoms with Crippen molar-refractivity contribution >= 4 is 0 Å². The average Bonchev–Trinajstić information content (AvgIpc) is 2.46. The van der Waals surface area contributed by atoms with E-state index in [1.54, 1.807) is 0 Å². The van der Waals surface area contributed by atoms with E-state index in [0.717, 1.165) is 23.4 Å². The van der Waals surface area contributed by atoms with Gasteiger partial charge in [-0.1, -0.05) is 30.3 Å². The summed E-state index contributed by atoms with van der Waals surface area (Å²) >= 11 is 0. The van der Waals surface area contributed by atoms with Crippen LogP contribution in [0.3, 0.4) is 0 Å². The first-order valence-corrected chi connectivity index (χ1v) is 6.19. The summed E-state index contributed by atoms with van der Waals surface area (Å²) in [5.41, 5.74) is 1.06. The highest BCUT2D eigenvalue weighted by molar-refractivity contribution is 5.36. The first-order chi connectivity index (χ1) is 9.54. The highest BCUT2D eigenvalue weighted by Gasteiger charge is 2.30. The van der Waals surface area contributed by atoms with Crippen LogP contribution in [-0.4, -0.2) is 0 Å². The minimum atomic E-state index is -4.31. The summed E-state index contributed by atoms with van der Waals surface area (Å²) in [5, 5.41) is 3.15. The number of benzene rings is 2. The predicted molar refractivity (Wildman–Crippen MR) is 68.1 cm³/mol. The van der Waals surface area contributed by atoms with Gasteiger partial charge in [-0.3, -0.25) is 5.32 Å². The number of hydrogen-bond donors (Lipinski definition) is 1. The summed E-state index contributed by atoms with van der Waals surface area (Å²) in [4.78, 5) is 0. The van der Waals surface area contributed by atoms with E-state index in [1.807, 2.05) is 24.3 Å². The lowest BCUT2D eigenvalue weighted by atomic mass is 10.1. The molecule has 20 heavy (non-hydrogen) atoms. The fourth-order valence-corrected chi connectivity index (χ4v) is 2.17. The number of rotatable bonds is 1. The number of alkyl halides is 3. The maximum atomic E-state index is 12.5. The Bertz CT molecular complexity index is 607. The molecule has 0 saturated carbocycles. The van der Waals surface area contributed by atoms with Gasteiger partial charge in [0.1, 0.15) is 5.75 Å². The topological polar surface area (TPSA) is 21.3 Å².